The molecule has 0 bridgehead atoms. The van der Waals surface area contributed by atoms with E-state index in [2.05, 4.69) is 21.2 Å². The zero-order valence-electron chi connectivity index (χ0n) is 21.9. The highest BCUT2D eigenvalue weighted by atomic mass is 79.9. The summed E-state index contributed by atoms with van der Waals surface area (Å²) < 4.78 is 0.789. The number of anilines is 2. The molecule has 1 fully saturated rings. The van der Waals surface area contributed by atoms with Crippen molar-refractivity contribution in [2.45, 2.75) is 17.5 Å². The molecule has 1 spiro atoms. The maximum Gasteiger partial charge on any atom is 0.269 e. The number of ketones is 2. The summed E-state index contributed by atoms with van der Waals surface area (Å²) in [4.78, 5) is 56.4. The molecule has 42 heavy (non-hydrogen) atoms. The first-order valence-electron chi connectivity index (χ1n) is 13.4. The van der Waals surface area contributed by atoms with Crippen LogP contribution in [0.4, 0.5) is 17.1 Å². The second-order valence-electron chi connectivity index (χ2n) is 10.6. The summed E-state index contributed by atoms with van der Waals surface area (Å²) in [6.07, 6.45) is 3.85. The lowest BCUT2D eigenvalue weighted by atomic mass is 9.64. The first-order valence-corrected chi connectivity index (χ1v) is 14.2. The van der Waals surface area contributed by atoms with Crippen LogP contribution in [0.5, 0.6) is 0 Å². The quantitative estimate of drug-likeness (QED) is 0.161. The van der Waals surface area contributed by atoms with Gasteiger partial charge in [0, 0.05) is 39.1 Å². The zero-order chi connectivity index (χ0) is 29.2. The van der Waals surface area contributed by atoms with E-state index in [1.54, 1.807) is 30.3 Å². The second kappa shape index (κ2) is 9.60. The number of benzene rings is 4. The van der Waals surface area contributed by atoms with Crippen molar-refractivity contribution >= 4 is 56.5 Å². The smallest absolute Gasteiger partial charge is 0.269 e. The molecule has 0 unspecified atom stereocenters. The maximum absolute atomic E-state index is 14.7. The number of hydrogen-bond donors (Lipinski definition) is 1. The van der Waals surface area contributed by atoms with Crippen molar-refractivity contribution in [3.63, 3.8) is 0 Å². The van der Waals surface area contributed by atoms with Crippen LogP contribution in [0.2, 0.25) is 0 Å². The molecule has 7 rings (SSSR count). The van der Waals surface area contributed by atoms with E-state index in [1.807, 2.05) is 59.5 Å². The van der Waals surface area contributed by atoms with Crippen LogP contribution in [0.3, 0.4) is 0 Å². The summed E-state index contributed by atoms with van der Waals surface area (Å²) >= 11 is 3.42. The predicted octanol–water partition coefficient (Wildman–Crippen LogP) is 6.21. The van der Waals surface area contributed by atoms with Gasteiger partial charge in [0.1, 0.15) is 11.5 Å². The van der Waals surface area contributed by atoms with Gasteiger partial charge in [-0.2, -0.15) is 0 Å². The van der Waals surface area contributed by atoms with Crippen molar-refractivity contribution in [3.05, 3.63) is 140 Å². The maximum atomic E-state index is 14.7. The second-order valence-corrected chi connectivity index (χ2v) is 11.5. The molecule has 4 aromatic rings. The van der Waals surface area contributed by atoms with Gasteiger partial charge in [-0.3, -0.25) is 24.5 Å². The van der Waals surface area contributed by atoms with Crippen LogP contribution < -0.4 is 10.2 Å². The van der Waals surface area contributed by atoms with E-state index in [0.717, 1.165) is 15.7 Å². The number of nitro benzene ring substituents is 1. The minimum absolute atomic E-state index is 0.148. The molecular weight excluding hydrogens is 598 g/mol. The van der Waals surface area contributed by atoms with Gasteiger partial charge in [-0.05, 0) is 47.5 Å². The number of Topliss-reactive ketones (excluding diaryl/α,β-unsaturated/α-hetero) is 2. The van der Waals surface area contributed by atoms with Crippen molar-refractivity contribution in [3.8, 4) is 0 Å². The molecule has 3 aliphatic heterocycles. The van der Waals surface area contributed by atoms with E-state index in [9.17, 15) is 24.5 Å². The molecule has 0 aliphatic carbocycles. The first kappa shape index (κ1) is 26.0. The number of rotatable bonds is 5. The van der Waals surface area contributed by atoms with E-state index >= 15 is 0 Å². The Morgan fingerprint density at radius 1 is 0.857 bits per heavy atom. The van der Waals surface area contributed by atoms with Gasteiger partial charge in [-0.25, -0.2) is 0 Å². The highest BCUT2D eigenvalue weighted by molar-refractivity contribution is 9.10. The first-order chi connectivity index (χ1) is 20.3. The molecule has 0 aromatic heterocycles. The average molecular weight is 620 g/mol. The molecule has 4 aromatic carbocycles. The highest BCUT2D eigenvalue weighted by Crippen LogP contribution is 2.58. The van der Waals surface area contributed by atoms with Crippen LogP contribution >= 0.6 is 15.9 Å². The Balaban J connectivity index is 1.51. The van der Waals surface area contributed by atoms with Crippen molar-refractivity contribution in [1.82, 2.24) is 0 Å². The lowest BCUT2D eigenvalue weighted by molar-refractivity contribution is -0.384. The number of non-ortho nitro benzene ring substituents is 1. The Hall–Kier alpha value is -4.89. The summed E-state index contributed by atoms with van der Waals surface area (Å²) in [5, 5.41) is 14.3. The third-order valence-electron chi connectivity index (χ3n) is 8.58. The SMILES string of the molecule is O=C(c1ccc([N+](=O)[O-])cc1)[C@@H]1[C@H](C(=O)c2ccc(Br)cc2)[C@@]2(C(=O)Nc3ccccc32)[C@H]2C=Cc3ccccc3N12. The van der Waals surface area contributed by atoms with Gasteiger partial charge in [0.05, 0.1) is 16.9 Å². The third kappa shape index (κ3) is 3.63. The monoisotopic (exact) mass is 619 g/mol. The van der Waals surface area contributed by atoms with E-state index in [1.165, 1.54) is 24.3 Å². The summed E-state index contributed by atoms with van der Waals surface area (Å²) in [7, 11) is 0. The number of para-hydroxylation sites is 2. The molecule has 206 valence electrons. The molecule has 3 heterocycles. The largest absolute Gasteiger partial charge is 0.352 e. The molecule has 1 saturated heterocycles. The molecule has 3 aliphatic rings. The fourth-order valence-electron chi connectivity index (χ4n) is 6.83. The number of hydrogen-bond acceptors (Lipinski definition) is 6. The summed E-state index contributed by atoms with van der Waals surface area (Å²) in [6, 6.07) is 25.4. The molecular formula is C33H22BrN3O5. The van der Waals surface area contributed by atoms with Gasteiger partial charge in [-0.1, -0.05) is 76.6 Å². The van der Waals surface area contributed by atoms with E-state index < -0.39 is 34.1 Å². The molecule has 0 saturated carbocycles. The molecule has 8 nitrogen and oxygen atoms in total. The van der Waals surface area contributed by atoms with Crippen LogP contribution in [0.15, 0.2) is 108 Å². The normalized spacial score (nSPS) is 23.2. The van der Waals surface area contributed by atoms with Crippen LogP contribution in [0.25, 0.3) is 6.08 Å². The van der Waals surface area contributed by atoms with Gasteiger partial charge in [0.25, 0.3) is 5.69 Å². The van der Waals surface area contributed by atoms with E-state index in [4.69, 9.17) is 0 Å². The Labute approximate surface area is 248 Å². The number of fused-ring (bicyclic) bond motifs is 6. The van der Waals surface area contributed by atoms with Crippen LogP contribution in [-0.4, -0.2) is 34.5 Å². The summed E-state index contributed by atoms with van der Waals surface area (Å²) in [5.41, 5.74) is 1.86. The van der Waals surface area contributed by atoms with Gasteiger partial charge in [0.15, 0.2) is 11.6 Å². The fraction of sp³-hybridized carbons (Fsp3) is 0.121. The van der Waals surface area contributed by atoms with Crippen molar-refractivity contribution < 1.29 is 19.3 Å². The molecule has 9 heteroatoms. The fourth-order valence-corrected chi connectivity index (χ4v) is 7.10. The molecule has 4 atom stereocenters. The Morgan fingerprint density at radius 2 is 1.50 bits per heavy atom. The van der Waals surface area contributed by atoms with E-state index in [-0.39, 0.29) is 22.9 Å². The topological polar surface area (TPSA) is 110 Å². The summed E-state index contributed by atoms with van der Waals surface area (Å²) in [5.74, 6) is -2.21. The minimum atomic E-state index is -1.42. The van der Waals surface area contributed by atoms with Gasteiger partial charge < -0.3 is 10.2 Å². The van der Waals surface area contributed by atoms with E-state index in [0.29, 0.717) is 16.8 Å². The lowest BCUT2D eigenvalue weighted by Gasteiger charge is -2.37. The molecule has 1 N–H and O–H groups in total. The molecule has 1 amide bonds. The number of nitrogens with one attached hydrogen (secondary N) is 1. The zero-order valence-corrected chi connectivity index (χ0v) is 23.5. The number of carbonyl (C=O) groups is 3. The van der Waals surface area contributed by atoms with Crippen molar-refractivity contribution in [1.29, 1.82) is 0 Å². The number of nitrogens with zero attached hydrogens (tertiary/aromatic N) is 2. The number of halogens is 1. The van der Waals surface area contributed by atoms with Crippen molar-refractivity contribution in [2.24, 2.45) is 5.92 Å². The lowest BCUT2D eigenvalue weighted by Crippen LogP contribution is -2.51. The Kier molecular flexibility index (Phi) is 5.95. The number of amides is 1. The van der Waals surface area contributed by atoms with Crippen LogP contribution in [0, 0.1) is 16.0 Å². The average Bonchev–Trinajstić information content (AvgIpc) is 3.49. The standard InChI is InChI=1S/C33H22BrN3O5/c34-22-14-9-20(10-15-22)30(38)28-29(31(39)21-11-16-23(17-12-21)37(41)42)36-26-8-4-1-5-19(26)13-18-27(36)33(28)24-6-2-3-7-25(24)35-32(33)40/h1-18,27-29H,(H,35,40)/t27-,28-,29+,33+/m1/s1. The van der Waals surface area contributed by atoms with Crippen LogP contribution in [0.1, 0.15) is 31.8 Å². The van der Waals surface area contributed by atoms with Gasteiger partial charge in [-0.15, -0.1) is 0 Å². The van der Waals surface area contributed by atoms with Crippen LogP contribution in [-0.2, 0) is 10.2 Å². The van der Waals surface area contributed by atoms with Gasteiger partial charge in [0.2, 0.25) is 5.91 Å². The Morgan fingerprint density at radius 3 is 2.24 bits per heavy atom. The van der Waals surface area contributed by atoms with Crippen molar-refractivity contribution in [2.75, 3.05) is 10.2 Å². The minimum Gasteiger partial charge on any atom is -0.352 e. The predicted molar refractivity (Wildman–Crippen MR) is 162 cm³/mol. The summed E-state index contributed by atoms with van der Waals surface area (Å²) in [6.45, 7) is 0. The number of carbonyl (C=O) groups excluding carboxylic acids is 3. The Bertz CT molecular complexity index is 1840. The third-order valence-corrected chi connectivity index (χ3v) is 9.11. The highest BCUT2D eigenvalue weighted by Gasteiger charge is 2.70. The number of nitro groups is 1. The molecule has 0 radical (unpaired) electrons. The van der Waals surface area contributed by atoms with Gasteiger partial charge >= 0.3 is 0 Å².